The van der Waals surface area contributed by atoms with Crippen molar-refractivity contribution in [3.05, 3.63) is 23.5 Å². The Bertz CT molecular complexity index is 167. The van der Waals surface area contributed by atoms with Crippen molar-refractivity contribution in [1.82, 2.24) is 4.57 Å². The summed E-state index contributed by atoms with van der Waals surface area (Å²) < 4.78 is 2.12. The number of hydrogen-bond donors (Lipinski definition) is 0. The Balaban J connectivity index is 3.19. The van der Waals surface area contributed by atoms with Crippen LogP contribution in [0.3, 0.4) is 0 Å². The van der Waals surface area contributed by atoms with Crippen LogP contribution in [0.15, 0.2) is 12.3 Å². The maximum atomic E-state index is 2.12. The quantitative estimate of drug-likeness (QED) is 0.477. The van der Waals surface area contributed by atoms with E-state index >= 15 is 0 Å². The standard InChI is InChI=1S/C7H11N/c1-6-4-5-8(3)7(6)2/h4-5H,1-3H3. The molecule has 0 bridgehead atoms. The molecule has 1 aromatic rings. The molecule has 44 valence electrons. The molecule has 0 amide bonds. The third kappa shape index (κ3) is 0.641. The average Bonchev–Trinajstić information content (AvgIpc) is 1.98. The first kappa shape index (κ1) is 5.42. The molecule has 0 saturated heterocycles. The number of aryl methyl sites for hydroxylation is 2. The fraction of sp³-hybridized carbons (Fsp3) is 0.429. The highest BCUT2D eigenvalue weighted by atomic mass is 14.9. The zero-order valence-electron chi connectivity index (χ0n) is 5.60. The van der Waals surface area contributed by atoms with Crippen molar-refractivity contribution < 1.29 is 0 Å². The molecule has 0 aliphatic rings. The maximum Gasteiger partial charge on any atom is 0.0169 e. The highest BCUT2D eigenvalue weighted by Crippen LogP contribution is 2.04. The van der Waals surface area contributed by atoms with Gasteiger partial charge in [-0.1, -0.05) is 0 Å². The predicted molar refractivity (Wildman–Crippen MR) is 34.9 cm³/mol. The molecule has 0 spiro atoms. The Morgan fingerprint density at radius 1 is 1.38 bits per heavy atom. The molecule has 0 N–H and O–H groups in total. The molecule has 0 atom stereocenters. The van der Waals surface area contributed by atoms with E-state index in [1.165, 1.54) is 11.3 Å². The van der Waals surface area contributed by atoms with E-state index in [4.69, 9.17) is 0 Å². The first-order valence-corrected chi connectivity index (χ1v) is 2.80. The van der Waals surface area contributed by atoms with Gasteiger partial charge in [0.25, 0.3) is 0 Å². The minimum absolute atomic E-state index is 1.35. The molecule has 1 rings (SSSR count). The Kier molecular flexibility index (Phi) is 1.12. The summed E-state index contributed by atoms with van der Waals surface area (Å²) in [5.74, 6) is 0. The maximum absolute atomic E-state index is 2.12. The van der Waals surface area contributed by atoms with Gasteiger partial charge < -0.3 is 4.57 Å². The van der Waals surface area contributed by atoms with E-state index in [2.05, 4.69) is 37.7 Å². The summed E-state index contributed by atoms with van der Waals surface area (Å²) in [4.78, 5) is 0. The van der Waals surface area contributed by atoms with Gasteiger partial charge in [0.1, 0.15) is 0 Å². The summed E-state index contributed by atoms with van der Waals surface area (Å²) in [7, 11) is 2.06. The first-order valence-electron chi connectivity index (χ1n) is 2.80. The van der Waals surface area contributed by atoms with Crippen molar-refractivity contribution in [3.63, 3.8) is 0 Å². The molecule has 0 aliphatic heterocycles. The Hall–Kier alpha value is -0.720. The zero-order valence-corrected chi connectivity index (χ0v) is 5.60. The van der Waals surface area contributed by atoms with Crippen LogP contribution < -0.4 is 0 Å². The summed E-state index contributed by atoms with van der Waals surface area (Å²) in [5, 5.41) is 0. The van der Waals surface area contributed by atoms with Crippen molar-refractivity contribution in [2.45, 2.75) is 13.8 Å². The summed E-state index contributed by atoms with van der Waals surface area (Å²) in [5.41, 5.74) is 2.72. The summed E-state index contributed by atoms with van der Waals surface area (Å²) in [6.07, 6.45) is 2.07. The third-order valence-corrected chi connectivity index (χ3v) is 1.65. The van der Waals surface area contributed by atoms with Gasteiger partial charge in [-0.15, -0.1) is 0 Å². The number of hydrogen-bond acceptors (Lipinski definition) is 0. The van der Waals surface area contributed by atoms with Crippen LogP contribution in [0.5, 0.6) is 0 Å². The van der Waals surface area contributed by atoms with Crippen LogP contribution in [0, 0.1) is 13.8 Å². The van der Waals surface area contributed by atoms with E-state index in [1.54, 1.807) is 0 Å². The SMILES string of the molecule is Cc1ccn(C)c1C. The van der Waals surface area contributed by atoms with E-state index < -0.39 is 0 Å². The second kappa shape index (κ2) is 1.66. The van der Waals surface area contributed by atoms with Crippen molar-refractivity contribution in [2.75, 3.05) is 0 Å². The Morgan fingerprint density at radius 2 is 2.00 bits per heavy atom. The molecule has 0 aromatic carbocycles. The van der Waals surface area contributed by atoms with Gasteiger partial charge >= 0.3 is 0 Å². The van der Waals surface area contributed by atoms with Crippen LogP contribution in [-0.2, 0) is 7.05 Å². The second-order valence-corrected chi connectivity index (χ2v) is 2.20. The van der Waals surface area contributed by atoms with Crippen LogP contribution in [0.25, 0.3) is 0 Å². The highest BCUT2D eigenvalue weighted by Gasteiger charge is 1.92. The molecule has 0 radical (unpaired) electrons. The van der Waals surface area contributed by atoms with Gasteiger partial charge in [0.2, 0.25) is 0 Å². The van der Waals surface area contributed by atoms with Gasteiger partial charge in [0, 0.05) is 18.9 Å². The van der Waals surface area contributed by atoms with E-state index in [9.17, 15) is 0 Å². The van der Waals surface area contributed by atoms with Crippen LogP contribution in [0.4, 0.5) is 0 Å². The minimum atomic E-state index is 1.35. The molecule has 1 aromatic heterocycles. The molecule has 1 heterocycles. The van der Waals surface area contributed by atoms with Crippen LogP contribution in [0.2, 0.25) is 0 Å². The van der Waals surface area contributed by atoms with Gasteiger partial charge in [0.15, 0.2) is 0 Å². The van der Waals surface area contributed by atoms with Gasteiger partial charge in [-0.2, -0.15) is 0 Å². The molecule has 0 saturated carbocycles. The summed E-state index contributed by atoms with van der Waals surface area (Å²) in [6, 6.07) is 2.12. The number of nitrogens with zero attached hydrogens (tertiary/aromatic N) is 1. The zero-order chi connectivity index (χ0) is 6.15. The van der Waals surface area contributed by atoms with Crippen LogP contribution in [-0.4, -0.2) is 4.57 Å². The van der Waals surface area contributed by atoms with Gasteiger partial charge in [-0.25, -0.2) is 0 Å². The monoisotopic (exact) mass is 109 g/mol. The highest BCUT2D eigenvalue weighted by molar-refractivity contribution is 5.17. The molecule has 1 heteroatoms. The minimum Gasteiger partial charge on any atom is -0.354 e. The van der Waals surface area contributed by atoms with Crippen molar-refractivity contribution >= 4 is 0 Å². The smallest absolute Gasteiger partial charge is 0.0169 e. The summed E-state index contributed by atoms with van der Waals surface area (Å²) >= 11 is 0. The van der Waals surface area contributed by atoms with Crippen LogP contribution in [0.1, 0.15) is 11.3 Å². The lowest BCUT2D eigenvalue weighted by atomic mass is 10.3. The van der Waals surface area contributed by atoms with E-state index in [0.717, 1.165) is 0 Å². The van der Waals surface area contributed by atoms with Crippen molar-refractivity contribution in [2.24, 2.45) is 7.05 Å². The van der Waals surface area contributed by atoms with Gasteiger partial charge in [0.05, 0.1) is 0 Å². The number of rotatable bonds is 0. The lowest BCUT2D eigenvalue weighted by Crippen LogP contribution is -1.87. The molecule has 0 aliphatic carbocycles. The second-order valence-electron chi connectivity index (χ2n) is 2.20. The molecule has 0 unspecified atom stereocenters. The van der Waals surface area contributed by atoms with Crippen LogP contribution >= 0.6 is 0 Å². The topological polar surface area (TPSA) is 4.93 Å². The molecule has 1 nitrogen and oxygen atoms in total. The molecule has 8 heavy (non-hydrogen) atoms. The normalized spacial score (nSPS) is 9.88. The number of aromatic nitrogens is 1. The van der Waals surface area contributed by atoms with Gasteiger partial charge in [-0.05, 0) is 25.5 Å². The van der Waals surface area contributed by atoms with E-state index in [0.29, 0.717) is 0 Å². The molecular formula is C7H11N. The van der Waals surface area contributed by atoms with E-state index in [1.807, 2.05) is 0 Å². The molecule has 0 fully saturated rings. The summed E-state index contributed by atoms with van der Waals surface area (Å²) in [6.45, 7) is 4.24. The van der Waals surface area contributed by atoms with E-state index in [-0.39, 0.29) is 0 Å². The lowest BCUT2D eigenvalue weighted by Gasteiger charge is -1.93. The van der Waals surface area contributed by atoms with Gasteiger partial charge in [-0.3, -0.25) is 0 Å². The Labute approximate surface area is 49.9 Å². The average molecular weight is 109 g/mol. The largest absolute Gasteiger partial charge is 0.354 e. The third-order valence-electron chi connectivity index (χ3n) is 1.65. The fourth-order valence-electron chi connectivity index (χ4n) is 0.734. The van der Waals surface area contributed by atoms with Crippen molar-refractivity contribution in [1.29, 1.82) is 0 Å². The Morgan fingerprint density at radius 3 is 2.12 bits per heavy atom. The predicted octanol–water partition coefficient (Wildman–Crippen LogP) is 1.64. The molecular weight excluding hydrogens is 98.1 g/mol. The fourth-order valence-corrected chi connectivity index (χ4v) is 0.734. The lowest BCUT2D eigenvalue weighted by molar-refractivity contribution is 0.877. The first-order chi connectivity index (χ1) is 3.72. The van der Waals surface area contributed by atoms with Crippen molar-refractivity contribution in [3.8, 4) is 0 Å².